The molecule has 4 aromatic rings. The number of aliphatic hydroxyl groups is 1. The second kappa shape index (κ2) is 11.7. The number of pyridine rings is 1. The van der Waals surface area contributed by atoms with Crippen LogP contribution in [0.15, 0.2) is 54.7 Å². The molecule has 1 fully saturated rings. The van der Waals surface area contributed by atoms with Crippen LogP contribution in [0.3, 0.4) is 0 Å². The molecule has 1 aliphatic heterocycles. The summed E-state index contributed by atoms with van der Waals surface area (Å²) in [6.45, 7) is 11.2. The van der Waals surface area contributed by atoms with Gasteiger partial charge >= 0.3 is 0 Å². The number of aromatic nitrogens is 2. The fourth-order valence-corrected chi connectivity index (χ4v) is 5.55. The minimum atomic E-state index is -0.245. The van der Waals surface area contributed by atoms with Gasteiger partial charge in [-0.15, -0.1) is 0 Å². The van der Waals surface area contributed by atoms with Crippen molar-refractivity contribution in [3.05, 3.63) is 60.3 Å². The van der Waals surface area contributed by atoms with Gasteiger partial charge in [0.2, 0.25) is 0 Å². The van der Waals surface area contributed by atoms with Crippen LogP contribution in [0.5, 0.6) is 11.5 Å². The van der Waals surface area contributed by atoms with Crippen molar-refractivity contribution >= 4 is 16.7 Å². The van der Waals surface area contributed by atoms with E-state index in [1.54, 1.807) is 14.2 Å². The Morgan fingerprint density at radius 1 is 0.872 bits per heavy atom. The molecule has 2 N–H and O–H groups in total. The predicted molar refractivity (Wildman–Crippen MR) is 159 cm³/mol. The Labute approximate surface area is 231 Å². The maximum Gasteiger partial charge on any atom is 0.161 e. The molecule has 5 rings (SSSR count). The average molecular weight is 529 g/mol. The lowest BCUT2D eigenvalue weighted by Crippen LogP contribution is -2.47. The molecule has 1 saturated heterocycles. The summed E-state index contributed by atoms with van der Waals surface area (Å²) in [6.07, 6.45) is 2.50. The zero-order chi connectivity index (χ0) is 27.5. The molecule has 0 aliphatic carbocycles. The number of nitrogens with one attached hydrogen (secondary N) is 1. The number of fused-ring (bicyclic) bond motifs is 1. The number of aliphatic hydroxyl groups excluding tert-OH is 1. The van der Waals surface area contributed by atoms with Crippen molar-refractivity contribution in [1.29, 1.82) is 0 Å². The minimum Gasteiger partial charge on any atom is -0.493 e. The molecule has 39 heavy (non-hydrogen) atoms. The highest BCUT2D eigenvalue weighted by atomic mass is 16.5. The summed E-state index contributed by atoms with van der Waals surface area (Å²) in [7, 11) is 3.33. The number of piperazine rings is 1. The van der Waals surface area contributed by atoms with Gasteiger partial charge in [-0.25, -0.2) is 4.98 Å². The fraction of sp³-hybridized carbons (Fsp3) is 0.406. The molecule has 0 bridgehead atoms. The first-order valence-corrected chi connectivity index (χ1v) is 13.9. The quantitative estimate of drug-likeness (QED) is 0.281. The van der Waals surface area contributed by atoms with Gasteiger partial charge in [0.25, 0.3) is 0 Å². The number of hydrogen-bond acceptors (Lipinski definition) is 6. The maximum atomic E-state index is 9.61. The van der Waals surface area contributed by atoms with Crippen LogP contribution in [0.2, 0.25) is 0 Å². The molecule has 7 heteroatoms. The molecule has 0 radical (unpaired) electrons. The van der Waals surface area contributed by atoms with Crippen molar-refractivity contribution in [2.24, 2.45) is 0 Å². The standard InChI is InChI=1S/C32H40N4O3/c1-21(2)31-26-18-23(6-8-27(26)34-32(31)25-7-9-28(38-4)29(19-25)39-5)24-10-12-33-30(20-24)36-16-14-35(15-17-36)13-11-22(3)37/h6-10,12,18-22,34,37H,11,13-17H2,1-5H3. The van der Waals surface area contributed by atoms with Gasteiger partial charge in [0.15, 0.2) is 11.5 Å². The van der Waals surface area contributed by atoms with Crippen LogP contribution in [0.4, 0.5) is 5.82 Å². The van der Waals surface area contributed by atoms with Crippen molar-refractivity contribution in [1.82, 2.24) is 14.9 Å². The number of methoxy groups -OCH3 is 2. The van der Waals surface area contributed by atoms with E-state index in [0.717, 1.165) is 73.2 Å². The second-order valence-corrected chi connectivity index (χ2v) is 10.8. The van der Waals surface area contributed by atoms with Crippen LogP contribution < -0.4 is 14.4 Å². The summed E-state index contributed by atoms with van der Waals surface area (Å²) >= 11 is 0. The number of benzene rings is 2. The molecule has 2 aromatic heterocycles. The summed E-state index contributed by atoms with van der Waals surface area (Å²) in [4.78, 5) is 13.2. The highest BCUT2D eigenvalue weighted by Crippen LogP contribution is 2.40. The number of hydrogen-bond donors (Lipinski definition) is 2. The van der Waals surface area contributed by atoms with Gasteiger partial charge in [-0.2, -0.15) is 0 Å². The van der Waals surface area contributed by atoms with Crippen molar-refractivity contribution < 1.29 is 14.6 Å². The van der Waals surface area contributed by atoms with Gasteiger partial charge in [0, 0.05) is 55.4 Å². The Kier molecular flexibility index (Phi) is 8.10. The van der Waals surface area contributed by atoms with Crippen molar-refractivity contribution in [2.75, 3.05) is 51.8 Å². The average Bonchev–Trinajstić information content (AvgIpc) is 3.35. The van der Waals surface area contributed by atoms with E-state index in [4.69, 9.17) is 14.5 Å². The molecule has 0 amide bonds. The molecule has 0 spiro atoms. The molecule has 3 heterocycles. The summed E-state index contributed by atoms with van der Waals surface area (Å²) in [6, 6.07) is 17.1. The van der Waals surface area contributed by atoms with E-state index < -0.39 is 0 Å². The van der Waals surface area contributed by atoms with Crippen LogP contribution >= 0.6 is 0 Å². The third kappa shape index (κ3) is 5.75. The minimum absolute atomic E-state index is 0.245. The van der Waals surface area contributed by atoms with Crippen LogP contribution in [-0.2, 0) is 0 Å². The third-order valence-corrected chi connectivity index (χ3v) is 7.73. The number of H-pyrrole nitrogens is 1. The number of rotatable bonds is 9. The fourth-order valence-electron chi connectivity index (χ4n) is 5.55. The van der Waals surface area contributed by atoms with Crippen molar-refractivity contribution in [3.63, 3.8) is 0 Å². The predicted octanol–water partition coefficient (Wildman–Crippen LogP) is 5.93. The molecule has 2 aromatic carbocycles. The first-order valence-electron chi connectivity index (χ1n) is 13.9. The van der Waals surface area contributed by atoms with E-state index in [1.165, 1.54) is 22.1 Å². The molecule has 1 unspecified atom stereocenters. The molecule has 7 nitrogen and oxygen atoms in total. The Balaban J connectivity index is 1.44. The van der Waals surface area contributed by atoms with Crippen molar-refractivity contribution in [3.8, 4) is 33.9 Å². The van der Waals surface area contributed by atoms with Crippen LogP contribution in [0.25, 0.3) is 33.3 Å². The molecule has 206 valence electrons. The first kappa shape index (κ1) is 27.0. The second-order valence-electron chi connectivity index (χ2n) is 10.8. The summed E-state index contributed by atoms with van der Waals surface area (Å²) in [5.74, 6) is 2.79. The van der Waals surface area contributed by atoms with E-state index in [0.29, 0.717) is 5.92 Å². The van der Waals surface area contributed by atoms with Gasteiger partial charge in [-0.1, -0.05) is 19.9 Å². The van der Waals surface area contributed by atoms with E-state index in [2.05, 4.69) is 65.0 Å². The van der Waals surface area contributed by atoms with E-state index >= 15 is 0 Å². The van der Waals surface area contributed by atoms with Crippen LogP contribution in [0.1, 0.15) is 38.7 Å². The lowest BCUT2D eigenvalue weighted by Gasteiger charge is -2.35. The monoisotopic (exact) mass is 528 g/mol. The Bertz CT molecular complexity index is 1420. The van der Waals surface area contributed by atoms with Crippen molar-refractivity contribution in [2.45, 2.75) is 39.2 Å². The molecular formula is C32H40N4O3. The van der Waals surface area contributed by atoms with Gasteiger partial charge in [0.05, 0.1) is 26.0 Å². The summed E-state index contributed by atoms with van der Waals surface area (Å²) in [5.41, 5.74) is 6.95. The number of aromatic amines is 1. The lowest BCUT2D eigenvalue weighted by atomic mass is 9.94. The molecule has 0 saturated carbocycles. The van der Waals surface area contributed by atoms with E-state index in [1.807, 2.05) is 25.3 Å². The zero-order valence-electron chi connectivity index (χ0n) is 23.7. The van der Waals surface area contributed by atoms with Gasteiger partial charge in [-0.3, -0.25) is 4.90 Å². The lowest BCUT2D eigenvalue weighted by molar-refractivity contribution is 0.153. The summed E-state index contributed by atoms with van der Waals surface area (Å²) in [5, 5.41) is 10.8. The smallest absolute Gasteiger partial charge is 0.161 e. The highest BCUT2D eigenvalue weighted by Gasteiger charge is 2.20. The van der Waals surface area contributed by atoms with Gasteiger partial charge in [-0.05, 0) is 78.4 Å². The number of anilines is 1. The zero-order valence-corrected chi connectivity index (χ0v) is 23.7. The van der Waals surface area contributed by atoms with Crippen LogP contribution in [-0.4, -0.2) is 73.0 Å². The van der Waals surface area contributed by atoms with Crippen LogP contribution in [0, 0.1) is 0 Å². The first-order chi connectivity index (χ1) is 18.9. The highest BCUT2D eigenvalue weighted by molar-refractivity contribution is 5.94. The Hall–Kier alpha value is -3.55. The third-order valence-electron chi connectivity index (χ3n) is 7.73. The maximum absolute atomic E-state index is 9.61. The number of nitrogens with zero attached hydrogens (tertiary/aromatic N) is 3. The molecule has 1 atom stereocenters. The SMILES string of the molecule is COc1ccc(-c2[nH]c3ccc(-c4ccnc(N5CCN(CCC(C)O)CC5)c4)cc3c2C(C)C)cc1OC. The Morgan fingerprint density at radius 2 is 1.59 bits per heavy atom. The van der Waals surface area contributed by atoms with E-state index in [-0.39, 0.29) is 6.10 Å². The van der Waals surface area contributed by atoms with Gasteiger partial charge in [0.1, 0.15) is 5.82 Å². The van der Waals surface area contributed by atoms with E-state index in [9.17, 15) is 5.11 Å². The molecular weight excluding hydrogens is 488 g/mol. The number of ether oxygens (including phenoxy) is 2. The summed E-state index contributed by atoms with van der Waals surface area (Å²) < 4.78 is 11.0. The molecule has 1 aliphatic rings. The Morgan fingerprint density at radius 3 is 2.28 bits per heavy atom. The van der Waals surface area contributed by atoms with Gasteiger partial charge < -0.3 is 24.5 Å². The largest absolute Gasteiger partial charge is 0.493 e. The normalized spacial score (nSPS) is 15.2. The topological polar surface area (TPSA) is 73.9 Å².